The molecule has 4 heteroatoms. The van der Waals surface area contributed by atoms with Crippen molar-refractivity contribution >= 4 is 5.97 Å². The van der Waals surface area contributed by atoms with E-state index in [0.29, 0.717) is 18.9 Å². The Kier molecular flexibility index (Phi) is 4.96. The van der Waals surface area contributed by atoms with Gasteiger partial charge in [-0.15, -0.1) is 0 Å². The monoisotopic (exact) mass is 228 g/mol. The van der Waals surface area contributed by atoms with Crippen LogP contribution in [0.5, 0.6) is 0 Å². The molecule has 0 saturated carbocycles. The van der Waals surface area contributed by atoms with Crippen molar-refractivity contribution in [3.8, 4) is 0 Å². The van der Waals surface area contributed by atoms with Crippen LogP contribution in [-0.4, -0.2) is 50.5 Å². The molecule has 0 aromatic carbocycles. The third-order valence-corrected chi connectivity index (χ3v) is 3.07. The molecular formula is C12H22NO3+. The minimum absolute atomic E-state index is 0.297. The summed E-state index contributed by atoms with van der Waals surface area (Å²) in [5.74, 6) is -0.297. The Morgan fingerprint density at radius 1 is 1.38 bits per heavy atom. The van der Waals surface area contributed by atoms with Crippen LogP contribution in [0, 0.1) is 0 Å². The Balaban J connectivity index is 2.33. The van der Waals surface area contributed by atoms with Gasteiger partial charge in [0.1, 0.15) is 13.2 Å². The largest absolute Gasteiger partial charge is 0.456 e. The second kappa shape index (κ2) is 6.01. The van der Waals surface area contributed by atoms with E-state index in [1.54, 1.807) is 14.0 Å². The van der Waals surface area contributed by atoms with Crippen molar-refractivity contribution in [3.63, 3.8) is 0 Å². The summed E-state index contributed by atoms with van der Waals surface area (Å²) in [7, 11) is 1.72. The van der Waals surface area contributed by atoms with Crippen molar-refractivity contribution in [3.05, 3.63) is 12.2 Å². The van der Waals surface area contributed by atoms with Gasteiger partial charge in [-0.1, -0.05) is 6.58 Å². The number of hydrogen-bond acceptors (Lipinski definition) is 3. The summed E-state index contributed by atoms with van der Waals surface area (Å²) in [5.41, 5.74) is 0.458. The van der Waals surface area contributed by atoms with Crippen LogP contribution in [0.3, 0.4) is 0 Å². The maximum Gasteiger partial charge on any atom is 0.333 e. The Hall–Kier alpha value is -0.870. The van der Waals surface area contributed by atoms with Gasteiger partial charge in [-0.3, -0.25) is 4.48 Å². The molecule has 1 saturated heterocycles. The molecule has 1 aliphatic rings. The lowest BCUT2D eigenvalue weighted by atomic mass is 10.4. The first-order valence-electron chi connectivity index (χ1n) is 5.76. The quantitative estimate of drug-likeness (QED) is 0.391. The van der Waals surface area contributed by atoms with E-state index < -0.39 is 0 Å². The van der Waals surface area contributed by atoms with E-state index in [1.165, 1.54) is 12.8 Å². The summed E-state index contributed by atoms with van der Waals surface area (Å²) in [5, 5.41) is 0. The van der Waals surface area contributed by atoms with E-state index in [-0.39, 0.29) is 5.97 Å². The molecule has 0 aliphatic carbocycles. The van der Waals surface area contributed by atoms with Crippen LogP contribution in [0.1, 0.15) is 19.8 Å². The Morgan fingerprint density at radius 2 is 2.00 bits per heavy atom. The van der Waals surface area contributed by atoms with Crippen molar-refractivity contribution in [1.82, 2.24) is 0 Å². The van der Waals surface area contributed by atoms with E-state index in [9.17, 15) is 4.79 Å². The molecule has 0 aromatic heterocycles. The fraction of sp³-hybridized carbons (Fsp3) is 0.750. The van der Waals surface area contributed by atoms with E-state index in [4.69, 9.17) is 9.47 Å². The summed E-state index contributed by atoms with van der Waals surface area (Å²) in [6, 6.07) is 0. The molecule has 0 unspecified atom stereocenters. The van der Waals surface area contributed by atoms with Gasteiger partial charge in [0.2, 0.25) is 0 Å². The van der Waals surface area contributed by atoms with Gasteiger partial charge in [0, 0.05) is 25.5 Å². The summed E-state index contributed by atoms with van der Waals surface area (Å²) < 4.78 is 11.3. The van der Waals surface area contributed by atoms with E-state index >= 15 is 0 Å². The molecule has 1 heterocycles. The zero-order valence-electron chi connectivity index (χ0n) is 10.3. The maximum absolute atomic E-state index is 11.2. The number of rotatable bonds is 6. The van der Waals surface area contributed by atoms with Crippen LogP contribution in [0.2, 0.25) is 0 Å². The van der Waals surface area contributed by atoms with Crippen molar-refractivity contribution in [1.29, 1.82) is 0 Å². The molecule has 92 valence electrons. The lowest BCUT2D eigenvalue weighted by Gasteiger charge is -2.32. The van der Waals surface area contributed by atoms with Crippen molar-refractivity contribution < 1.29 is 18.8 Å². The normalized spacial score (nSPS) is 18.4. The van der Waals surface area contributed by atoms with Gasteiger partial charge in [0.15, 0.2) is 6.73 Å². The van der Waals surface area contributed by atoms with Gasteiger partial charge >= 0.3 is 5.97 Å². The highest BCUT2D eigenvalue weighted by atomic mass is 16.5. The Morgan fingerprint density at radius 3 is 2.50 bits per heavy atom. The number of methoxy groups -OCH3 is 1. The molecule has 0 amide bonds. The highest BCUT2D eigenvalue weighted by Crippen LogP contribution is 2.18. The Labute approximate surface area is 97.4 Å². The average Bonchev–Trinajstić information content (AvgIpc) is 2.67. The first-order chi connectivity index (χ1) is 7.59. The molecule has 0 atom stereocenters. The minimum Gasteiger partial charge on any atom is -0.456 e. The van der Waals surface area contributed by atoms with Crippen molar-refractivity contribution in [2.45, 2.75) is 19.8 Å². The third-order valence-electron chi connectivity index (χ3n) is 3.07. The predicted octanol–water partition coefficient (Wildman–Crippen LogP) is 1.32. The van der Waals surface area contributed by atoms with Gasteiger partial charge in [-0.2, -0.15) is 0 Å². The second-order valence-electron chi connectivity index (χ2n) is 4.55. The molecule has 0 aromatic rings. The first kappa shape index (κ1) is 13.2. The zero-order chi connectivity index (χ0) is 12.0. The summed E-state index contributed by atoms with van der Waals surface area (Å²) in [4.78, 5) is 11.2. The van der Waals surface area contributed by atoms with Crippen LogP contribution in [0.25, 0.3) is 0 Å². The van der Waals surface area contributed by atoms with Gasteiger partial charge in [0.25, 0.3) is 0 Å². The van der Waals surface area contributed by atoms with Crippen LogP contribution in [0.15, 0.2) is 12.2 Å². The molecule has 0 bridgehead atoms. The molecular weight excluding hydrogens is 206 g/mol. The summed E-state index contributed by atoms with van der Waals surface area (Å²) in [6.45, 7) is 9.47. The number of likely N-dealkylation sites (tertiary alicyclic amines) is 1. The number of ether oxygens (including phenoxy) is 2. The number of nitrogens with zero attached hydrogens (tertiary/aromatic N) is 1. The standard InChI is InChI=1S/C12H22NO3/c1-11(2)12(14)16-9-8-13(10-15-3)6-4-5-7-13/h1,4-10H2,2-3H3/q+1. The van der Waals surface area contributed by atoms with Crippen molar-refractivity contribution in [2.75, 3.05) is 40.1 Å². The van der Waals surface area contributed by atoms with Crippen molar-refractivity contribution in [2.24, 2.45) is 0 Å². The molecule has 0 spiro atoms. The molecule has 1 rings (SSSR count). The van der Waals surface area contributed by atoms with Crippen LogP contribution < -0.4 is 0 Å². The zero-order valence-corrected chi connectivity index (χ0v) is 10.3. The van der Waals surface area contributed by atoms with Gasteiger partial charge in [-0.05, 0) is 6.92 Å². The van der Waals surface area contributed by atoms with E-state index in [2.05, 4.69) is 6.58 Å². The molecule has 0 radical (unpaired) electrons. The SMILES string of the molecule is C=C(C)C(=O)OCC[N+]1(COC)CCCC1. The van der Waals surface area contributed by atoms with Crippen LogP contribution in [0.4, 0.5) is 0 Å². The molecule has 1 aliphatic heterocycles. The maximum atomic E-state index is 11.2. The molecule has 0 N–H and O–H groups in total. The van der Waals surface area contributed by atoms with Gasteiger partial charge in [0.05, 0.1) is 13.1 Å². The van der Waals surface area contributed by atoms with Crippen LogP contribution in [-0.2, 0) is 14.3 Å². The van der Waals surface area contributed by atoms with E-state index in [1.807, 2.05) is 0 Å². The number of hydrogen-bond donors (Lipinski definition) is 0. The predicted molar refractivity (Wildman–Crippen MR) is 61.7 cm³/mol. The topological polar surface area (TPSA) is 35.5 Å². The minimum atomic E-state index is -0.297. The second-order valence-corrected chi connectivity index (χ2v) is 4.55. The Bertz CT molecular complexity index is 257. The van der Waals surface area contributed by atoms with Gasteiger partial charge < -0.3 is 9.47 Å². The van der Waals surface area contributed by atoms with Crippen LogP contribution >= 0.6 is 0 Å². The number of carbonyl (C=O) groups excluding carboxylic acids is 1. The lowest BCUT2D eigenvalue weighted by molar-refractivity contribution is -0.934. The molecule has 16 heavy (non-hydrogen) atoms. The molecule has 1 fully saturated rings. The fourth-order valence-corrected chi connectivity index (χ4v) is 2.15. The lowest BCUT2D eigenvalue weighted by Crippen LogP contribution is -2.49. The molecule has 4 nitrogen and oxygen atoms in total. The first-order valence-corrected chi connectivity index (χ1v) is 5.76. The van der Waals surface area contributed by atoms with Gasteiger partial charge in [-0.25, -0.2) is 4.79 Å². The number of esters is 1. The highest BCUT2D eigenvalue weighted by molar-refractivity contribution is 5.86. The third kappa shape index (κ3) is 3.61. The highest BCUT2D eigenvalue weighted by Gasteiger charge is 2.31. The van der Waals surface area contributed by atoms with E-state index in [0.717, 1.165) is 24.1 Å². The number of quaternary nitrogens is 1. The smallest absolute Gasteiger partial charge is 0.333 e. The summed E-state index contributed by atoms with van der Waals surface area (Å²) in [6.07, 6.45) is 2.47. The summed E-state index contributed by atoms with van der Waals surface area (Å²) >= 11 is 0. The fourth-order valence-electron chi connectivity index (χ4n) is 2.15. The average molecular weight is 228 g/mol. The number of carbonyl (C=O) groups is 1.